The zero-order chi connectivity index (χ0) is 20.1. The van der Waals surface area contributed by atoms with Gasteiger partial charge in [0.05, 0.1) is 16.7 Å². The second-order valence-corrected chi connectivity index (χ2v) is 7.13. The molecule has 0 radical (unpaired) electrons. The lowest BCUT2D eigenvalue weighted by Gasteiger charge is -2.34. The van der Waals surface area contributed by atoms with Crippen molar-refractivity contribution in [3.05, 3.63) is 70.0 Å². The summed E-state index contributed by atoms with van der Waals surface area (Å²) in [7, 11) is 0. The molecule has 1 aliphatic rings. The van der Waals surface area contributed by atoms with Gasteiger partial charge in [0, 0.05) is 24.2 Å². The number of nitro benzene ring substituents is 1. The molecule has 28 heavy (non-hydrogen) atoms. The molecule has 0 aromatic heterocycles. The van der Waals surface area contributed by atoms with Crippen LogP contribution < -0.4 is 10.2 Å². The fraction of sp³-hybridized carbons (Fsp3) is 0.381. The highest BCUT2D eigenvalue weighted by Crippen LogP contribution is 2.25. The van der Waals surface area contributed by atoms with Crippen LogP contribution in [0.25, 0.3) is 0 Å². The monoisotopic (exact) mass is 385 g/mol. The van der Waals surface area contributed by atoms with Crippen molar-refractivity contribution in [1.82, 2.24) is 5.32 Å². The third-order valence-corrected chi connectivity index (χ3v) is 5.10. The van der Waals surface area contributed by atoms with Gasteiger partial charge in [-0.3, -0.25) is 14.9 Å². The van der Waals surface area contributed by atoms with E-state index in [-0.39, 0.29) is 28.6 Å². The van der Waals surface area contributed by atoms with Crippen LogP contribution in [-0.4, -0.2) is 29.5 Å². The third kappa shape index (κ3) is 4.54. The van der Waals surface area contributed by atoms with E-state index in [9.17, 15) is 19.3 Å². The number of nitro groups is 1. The van der Waals surface area contributed by atoms with Crippen molar-refractivity contribution >= 4 is 17.3 Å². The molecular formula is C21H24FN3O3. The van der Waals surface area contributed by atoms with Gasteiger partial charge in [-0.2, -0.15) is 0 Å². The molecule has 7 heteroatoms. The van der Waals surface area contributed by atoms with Crippen LogP contribution in [-0.2, 0) is 11.2 Å². The standard InChI is InChI=1S/C21H24FN3O3/c1-15(12-13-16-7-2-4-10-19(16)25(27)28)23-18-9-6-14-24(21(18)26)20-11-5-3-8-17(20)22/h2-5,7-8,10-11,15,18,23H,6,9,12-14H2,1H3/t15-,18+/m1/s1. The predicted octanol–water partition coefficient (Wildman–Crippen LogP) is 3.84. The van der Waals surface area contributed by atoms with Crippen molar-refractivity contribution in [1.29, 1.82) is 0 Å². The number of carbonyl (C=O) groups is 1. The fourth-order valence-electron chi connectivity index (χ4n) is 3.64. The Morgan fingerprint density at radius 3 is 2.71 bits per heavy atom. The number of halogens is 1. The van der Waals surface area contributed by atoms with E-state index in [0.29, 0.717) is 37.1 Å². The number of benzene rings is 2. The first kappa shape index (κ1) is 19.9. The first-order valence-electron chi connectivity index (χ1n) is 9.51. The molecule has 2 aromatic carbocycles. The highest BCUT2D eigenvalue weighted by atomic mass is 19.1. The summed E-state index contributed by atoms with van der Waals surface area (Å²) in [5.41, 5.74) is 1.12. The van der Waals surface area contributed by atoms with Gasteiger partial charge < -0.3 is 10.2 Å². The number of carbonyl (C=O) groups excluding carboxylic acids is 1. The maximum Gasteiger partial charge on any atom is 0.272 e. The van der Waals surface area contributed by atoms with E-state index in [4.69, 9.17) is 0 Å². The smallest absolute Gasteiger partial charge is 0.272 e. The average molecular weight is 385 g/mol. The van der Waals surface area contributed by atoms with E-state index in [1.54, 1.807) is 36.4 Å². The van der Waals surface area contributed by atoms with E-state index in [2.05, 4.69) is 5.32 Å². The molecule has 148 valence electrons. The number of nitrogens with zero attached hydrogens (tertiary/aromatic N) is 2. The molecule has 0 spiro atoms. The minimum absolute atomic E-state index is 0.00525. The first-order valence-corrected chi connectivity index (χ1v) is 9.51. The number of amides is 1. The molecule has 1 N–H and O–H groups in total. The lowest BCUT2D eigenvalue weighted by molar-refractivity contribution is -0.385. The number of rotatable bonds is 7. The van der Waals surface area contributed by atoms with Crippen LogP contribution in [0.4, 0.5) is 15.8 Å². The summed E-state index contributed by atoms with van der Waals surface area (Å²) in [6.45, 7) is 2.46. The van der Waals surface area contributed by atoms with Gasteiger partial charge in [0.25, 0.3) is 5.69 Å². The number of para-hydroxylation sites is 2. The van der Waals surface area contributed by atoms with E-state index < -0.39 is 5.82 Å². The molecule has 2 aromatic rings. The summed E-state index contributed by atoms with van der Waals surface area (Å²) in [4.78, 5) is 25.1. The summed E-state index contributed by atoms with van der Waals surface area (Å²) in [6.07, 6.45) is 2.69. The molecule has 1 fully saturated rings. The topological polar surface area (TPSA) is 75.5 Å². The number of piperidine rings is 1. The van der Waals surface area contributed by atoms with Crippen LogP contribution >= 0.6 is 0 Å². The highest BCUT2D eigenvalue weighted by Gasteiger charge is 2.31. The van der Waals surface area contributed by atoms with Crippen molar-refractivity contribution in [2.75, 3.05) is 11.4 Å². The Bertz CT molecular complexity index is 858. The molecule has 6 nitrogen and oxygen atoms in total. The molecule has 0 aliphatic carbocycles. The predicted molar refractivity (Wildman–Crippen MR) is 106 cm³/mol. The number of hydrogen-bond acceptors (Lipinski definition) is 4. The van der Waals surface area contributed by atoms with Crippen LogP contribution in [0.15, 0.2) is 48.5 Å². The average Bonchev–Trinajstić information content (AvgIpc) is 2.69. The molecule has 1 aliphatic heterocycles. The quantitative estimate of drug-likeness (QED) is 0.580. The van der Waals surface area contributed by atoms with Gasteiger partial charge in [-0.15, -0.1) is 0 Å². The van der Waals surface area contributed by atoms with Crippen LogP contribution in [0.3, 0.4) is 0 Å². The summed E-state index contributed by atoms with van der Waals surface area (Å²) in [6, 6.07) is 12.6. The largest absolute Gasteiger partial charge is 0.308 e. The minimum atomic E-state index is -0.402. The van der Waals surface area contributed by atoms with Gasteiger partial charge in [0.15, 0.2) is 0 Å². The van der Waals surface area contributed by atoms with Crippen molar-refractivity contribution in [2.24, 2.45) is 0 Å². The van der Waals surface area contributed by atoms with Crippen LogP contribution in [0, 0.1) is 15.9 Å². The van der Waals surface area contributed by atoms with Crippen molar-refractivity contribution in [3.8, 4) is 0 Å². The lowest BCUT2D eigenvalue weighted by atomic mass is 10.00. The van der Waals surface area contributed by atoms with Crippen molar-refractivity contribution in [3.63, 3.8) is 0 Å². The van der Waals surface area contributed by atoms with E-state index in [1.807, 2.05) is 6.92 Å². The molecule has 2 atom stereocenters. The summed E-state index contributed by atoms with van der Waals surface area (Å²) in [5.74, 6) is -0.533. The van der Waals surface area contributed by atoms with E-state index in [1.165, 1.54) is 17.0 Å². The Labute approximate surface area is 163 Å². The molecule has 3 rings (SSSR count). The SMILES string of the molecule is C[C@H](CCc1ccccc1[N+](=O)[O-])N[C@H]1CCCN(c2ccccc2F)C1=O. The Hall–Kier alpha value is -2.80. The Balaban J connectivity index is 1.61. The van der Waals surface area contributed by atoms with E-state index in [0.717, 1.165) is 6.42 Å². The zero-order valence-corrected chi connectivity index (χ0v) is 15.8. The maximum absolute atomic E-state index is 14.1. The van der Waals surface area contributed by atoms with Crippen LogP contribution in [0.5, 0.6) is 0 Å². The number of anilines is 1. The Morgan fingerprint density at radius 2 is 1.96 bits per heavy atom. The molecular weight excluding hydrogens is 361 g/mol. The van der Waals surface area contributed by atoms with Gasteiger partial charge in [-0.25, -0.2) is 4.39 Å². The molecule has 0 bridgehead atoms. The molecule has 0 unspecified atom stereocenters. The Morgan fingerprint density at radius 1 is 1.25 bits per heavy atom. The maximum atomic E-state index is 14.1. The van der Waals surface area contributed by atoms with Gasteiger partial charge in [0.1, 0.15) is 5.82 Å². The minimum Gasteiger partial charge on any atom is -0.308 e. The van der Waals surface area contributed by atoms with Gasteiger partial charge in [-0.05, 0) is 44.7 Å². The Kier molecular flexibility index (Phi) is 6.36. The normalized spacial score (nSPS) is 18.1. The molecule has 1 heterocycles. The molecule has 1 saturated heterocycles. The molecule has 1 amide bonds. The van der Waals surface area contributed by atoms with Gasteiger partial charge in [-0.1, -0.05) is 30.3 Å². The first-order chi connectivity index (χ1) is 13.5. The van der Waals surface area contributed by atoms with E-state index >= 15 is 0 Å². The third-order valence-electron chi connectivity index (χ3n) is 5.10. The van der Waals surface area contributed by atoms with Crippen molar-refractivity contribution in [2.45, 2.75) is 44.7 Å². The molecule has 0 saturated carbocycles. The summed E-state index contributed by atoms with van der Waals surface area (Å²) < 4.78 is 14.1. The van der Waals surface area contributed by atoms with Gasteiger partial charge in [0.2, 0.25) is 5.91 Å². The van der Waals surface area contributed by atoms with Gasteiger partial charge >= 0.3 is 0 Å². The second-order valence-electron chi connectivity index (χ2n) is 7.13. The lowest BCUT2D eigenvalue weighted by Crippen LogP contribution is -2.53. The fourth-order valence-corrected chi connectivity index (χ4v) is 3.64. The zero-order valence-electron chi connectivity index (χ0n) is 15.8. The number of hydrogen-bond donors (Lipinski definition) is 1. The van der Waals surface area contributed by atoms with Crippen molar-refractivity contribution < 1.29 is 14.1 Å². The number of aryl methyl sites for hydroxylation is 1. The summed E-state index contributed by atoms with van der Waals surface area (Å²) in [5, 5.41) is 14.5. The number of nitrogens with one attached hydrogen (secondary N) is 1. The van der Waals surface area contributed by atoms with Crippen LogP contribution in [0.2, 0.25) is 0 Å². The highest BCUT2D eigenvalue weighted by molar-refractivity contribution is 5.98. The second kappa shape index (κ2) is 8.93. The summed E-state index contributed by atoms with van der Waals surface area (Å²) >= 11 is 0. The van der Waals surface area contributed by atoms with Crippen LogP contribution in [0.1, 0.15) is 31.7 Å².